The molecule has 1 aromatic heterocycles. The largest absolute Gasteiger partial charge is 0.467 e. The zero-order valence-electron chi connectivity index (χ0n) is 13.9. The van der Waals surface area contributed by atoms with E-state index in [0.717, 1.165) is 25.7 Å². The van der Waals surface area contributed by atoms with Gasteiger partial charge in [0.25, 0.3) is 0 Å². The van der Waals surface area contributed by atoms with Crippen LogP contribution in [0.4, 0.5) is 0 Å². The second-order valence-corrected chi connectivity index (χ2v) is 6.86. The van der Waals surface area contributed by atoms with E-state index in [-0.39, 0.29) is 30.2 Å². The fraction of sp³-hybridized carbons (Fsp3) is 0.667. The minimum atomic E-state index is -0.826. The van der Waals surface area contributed by atoms with Gasteiger partial charge in [-0.3, -0.25) is 9.59 Å². The van der Waals surface area contributed by atoms with Crippen molar-refractivity contribution in [3.63, 3.8) is 0 Å². The molecule has 1 atom stereocenters. The Hall–Kier alpha value is -1.82. The van der Waals surface area contributed by atoms with E-state index in [1.807, 2.05) is 4.90 Å². The number of hydrogen-bond donors (Lipinski definition) is 2. The molecule has 1 aromatic rings. The lowest BCUT2D eigenvalue weighted by Gasteiger charge is -2.33. The molecule has 1 saturated carbocycles. The van der Waals surface area contributed by atoms with Gasteiger partial charge in [-0.15, -0.1) is 0 Å². The maximum absolute atomic E-state index is 12.4. The number of aliphatic hydroxyl groups excluding tert-OH is 1. The van der Waals surface area contributed by atoms with Gasteiger partial charge in [0.05, 0.1) is 12.8 Å². The van der Waals surface area contributed by atoms with Crippen LogP contribution in [0.5, 0.6) is 0 Å². The highest BCUT2D eigenvalue weighted by molar-refractivity contribution is 5.81. The molecule has 0 bridgehead atoms. The fourth-order valence-corrected chi connectivity index (χ4v) is 3.72. The normalized spacial score (nSPS) is 21.0. The van der Waals surface area contributed by atoms with E-state index in [2.05, 4.69) is 5.32 Å². The van der Waals surface area contributed by atoms with Crippen molar-refractivity contribution in [2.24, 2.45) is 11.8 Å². The number of hydrogen-bond acceptors (Lipinski definition) is 4. The summed E-state index contributed by atoms with van der Waals surface area (Å²) >= 11 is 0. The average molecular weight is 334 g/mol. The fourth-order valence-electron chi connectivity index (χ4n) is 3.72. The van der Waals surface area contributed by atoms with E-state index in [1.165, 1.54) is 6.26 Å². The topological polar surface area (TPSA) is 82.8 Å². The first-order valence-corrected chi connectivity index (χ1v) is 8.93. The summed E-state index contributed by atoms with van der Waals surface area (Å²) in [6, 6.07) is 3.39. The van der Waals surface area contributed by atoms with Crippen molar-refractivity contribution in [3.8, 4) is 0 Å². The standard InChI is InChI=1S/C18H26N2O4/c21-15(16-6-3-11-24-16)12-19-17(22)13-7-9-20(10-8-13)18(23)14-4-1-2-5-14/h3,6,11,13-15,21H,1-2,4-5,7-10,12H2,(H,19,22)/t15-/m0/s1. The molecule has 2 heterocycles. The summed E-state index contributed by atoms with van der Waals surface area (Å²) in [7, 11) is 0. The molecule has 1 aliphatic carbocycles. The Balaban J connectivity index is 1.41. The highest BCUT2D eigenvalue weighted by Crippen LogP contribution is 2.28. The van der Waals surface area contributed by atoms with Gasteiger partial charge in [-0.2, -0.15) is 0 Å². The summed E-state index contributed by atoms with van der Waals surface area (Å²) in [6.07, 6.45) is 6.42. The summed E-state index contributed by atoms with van der Waals surface area (Å²) in [5, 5.41) is 12.7. The van der Waals surface area contributed by atoms with Gasteiger partial charge < -0.3 is 19.7 Å². The molecule has 0 spiro atoms. The molecule has 0 unspecified atom stereocenters. The SMILES string of the molecule is O=C(NC[C@H](O)c1ccco1)C1CCN(C(=O)C2CCCC2)CC1. The van der Waals surface area contributed by atoms with Gasteiger partial charge in [-0.05, 0) is 37.8 Å². The predicted octanol–water partition coefficient (Wildman–Crippen LogP) is 1.86. The zero-order chi connectivity index (χ0) is 16.9. The minimum Gasteiger partial charge on any atom is -0.467 e. The van der Waals surface area contributed by atoms with E-state index < -0.39 is 6.10 Å². The number of likely N-dealkylation sites (tertiary alicyclic amines) is 1. The molecule has 2 N–H and O–H groups in total. The first-order chi connectivity index (χ1) is 11.6. The highest BCUT2D eigenvalue weighted by atomic mass is 16.4. The number of amides is 2. The van der Waals surface area contributed by atoms with Gasteiger partial charge in [-0.25, -0.2) is 0 Å². The lowest BCUT2D eigenvalue weighted by atomic mass is 9.94. The van der Waals surface area contributed by atoms with Gasteiger partial charge in [0, 0.05) is 24.9 Å². The minimum absolute atomic E-state index is 0.0476. The smallest absolute Gasteiger partial charge is 0.225 e. The molecule has 24 heavy (non-hydrogen) atoms. The number of carbonyl (C=O) groups is 2. The Labute approximate surface area is 142 Å². The maximum Gasteiger partial charge on any atom is 0.225 e. The molecule has 132 valence electrons. The monoisotopic (exact) mass is 334 g/mol. The lowest BCUT2D eigenvalue weighted by Crippen LogP contribution is -2.45. The molecule has 1 saturated heterocycles. The van der Waals surface area contributed by atoms with Crippen LogP contribution in [-0.4, -0.2) is 41.5 Å². The number of piperidine rings is 1. The Kier molecular flexibility index (Phi) is 5.56. The van der Waals surface area contributed by atoms with E-state index in [4.69, 9.17) is 4.42 Å². The third-order valence-corrected chi connectivity index (χ3v) is 5.22. The van der Waals surface area contributed by atoms with Gasteiger partial charge in [0.1, 0.15) is 11.9 Å². The molecule has 0 radical (unpaired) electrons. The molecule has 6 heteroatoms. The Bertz CT molecular complexity index is 543. The lowest BCUT2D eigenvalue weighted by molar-refractivity contribution is -0.139. The molecule has 2 aliphatic rings. The van der Waals surface area contributed by atoms with Crippen molar-refractivity contribution in [1.29, 1.82) is 0 Å². The van der Waals surface area contributed by atoms with Gasteiger partial charge >= 0.3 is 0 Å². The number of furan rings is 1. The van der Waals surface area contributed by atoms with E-state index in [1.54, 1.807) is 12.1 Å². The van der Waals surface area contributed by atoms with Crippen LogP contribution in [0.1, 0.15) is 50.4 Å². The van der Waals surface area contributed by atoms with Crippen LogP contribution in [-0.2, 0) is 9.59 Å². The molecular formula is C18H26N2O4. The van der Waals surface area contributed by atoms with Crippen molar-refractivity contribution in [2.45, 2.75) is 44.6 Å². The van der Waals surface area contributed by atoms with Crippen molar-refractivity contribution in [1.82, 2.24) is 10.2 Å². The Morgan fingerprint density at radius 1 is 1.21 bits per heavy atom. The molecule has 1 aliphatic heterocycles. The summed E-state index contributed by atoms with van der Waals surface area (Å²) in [6.45, 7) is 1.47. The second kappa shape index (κ2) is 7.83. The van der Waals surface area contributed by atoms with Gasteiger partial charge in [0.2, 0.25) is 11.8 Å². The van der Waals surface area contributed by atoms with Crippen LogP contribution in [0.25, 0.3) is 0 Å². The zero-order valence-corrected chi connectivity index (χ0v) is 13.9. The molecule has 2 fully saturated rings. The van der Waals surface area contributed by atoms with Crippen molar-refractivity contribution in [3.05, 3.63) is 24.2 Å². The van der Waals surface area contributed by atoms with E-state index in [9.17, 15) is 14.7 Å². The van der Waals surface area contributed by atoms with Crippen LogP contribution in [0.15, 0.2) is 22.8 Å². The van der Waals surface area contributed by atoms with Crippen LogP contribution in [0.2, 0.25) is 0 Å². The third kappa shape index (κ3) is 3.98. The van der Waals surface area contributed by atoms with Crippen LogP contribution < -0.4 is 5.32 Å². The second-order valence-electron chi connectivity index (χ2n) is 6.86. The van der Waals surface area contributed by atoms with Crippen molar-refractivity contribution >= 4 is 11.8 Å². The van der Waals surface area contributed by atoms with Crippen LogP contribution in [0, 0.1) is 11.8 Å². The summed E-state index contributed by atoms with van der Waals surface area (Å²) in [5.74, 6) is 0.806. The number of carbonyl (C=O) groups excluding carboxylic acids is 2. The van der Waals surface area contributed by atoms with Gasteiger partial charge in [-0.1, -0.05) is 12.8 Å². The van der Waals surface area contributed by atoms with Crippen molar-refractivity contribution in [2.75, 3.05) is 19.6 Å². The molecule has 3 rings (SSSR count). The Morgan fingerprint density at radius 2 is 1.92 bits per heavy atom. The molecule has 0 aromatic carbocycles. The van der Waals surface area contributed by atoms with Crippen molar-refractivity contribution < 1.29 is 19.1 Å². The first kappa shape index (κ1) is 17.0. The average Bonchev–Trinajstić information content (AvgIpc) is 3.32. The Morgan fingerprint density at radius 3 is 2.54 bits per heavy atom. The maximum atomic E-state index is 12.4. The van der Waals surface area contributed by atoms with E-state index >= 15 is 0 Å². The molecule has 2 amide bonds. The third-order valence-electron chi connectivity index (χ3n) is 5.22. The number of nitrogens with one attached hydrogen (secondary N) is 1. The quantitative estimate of drug-likeness (QED) is 0.861. The van der Waals surface area contributed by atoms with E-state index in [0.29, 0.717) is 31.7 Å². The number of aliphatic hydroxyl groups is 1. The van der Waals surface area contributed by atoms with Gasteiger partial charge in [0.15, 0.2) is 0 Å². The summed E-state index contributed by atoms with van der Waals surface area (Å²) < 4.78 is 5.12. The number of nitrogens with zero attached hydrogens (tertiary/aromatic N) is 1. The number of rotatable bonds is 5. The molecule has 6 nitrogen and oxygen atoms in total. The predicted molar refractivity (Wildman–Crippen MR) is 87.9 cm³/mol. The molecular weight excluding hydrogens is 308 g/mol. The first-order valence-electron chi connectivity index (χ1n) is 8.93. The summed E-state index contributed by atoms with van der Waals surface area (Å²) in [4.78, 5) is 26.6. The highest BCUT2D eigenvalue weighted by Gasteiger charge is 2.32. The van der Waals surface area contributed by atoms with Crippen LogP contribution in [0.3, 0.4) is 0 Å². The van der Waals surface area contributed by atoms with Crippen LogP contribution >= 0.6 is 0 Å². The summed E-state index contributed by atoms with van der Waals surface area (Å²) in [5.41, 5.74) is 0.